The number of para-hydroxylation sites is 1. The van der Waals surface area contributed by atoms with Gasteiger partial charge in [-0.05, 0) is 30.3 Å². The Labute approximate surface area is 131 Å². The van der Waals surface area contributed by atoms with Gasteiger partial charge in [-0.15, -0.1) is 0 Å². The standard InChI is InChI=1S/C15H13ClF2N2O2/c16-10-3-1-4-11(9-10)22-8-7-19-15(21)20-14-12(17)5-2-6-13(14)18/h1-6,9H,7-8H2,(H2,19,20,21). The number of nitrogens with one attached hydrogen (secondary N) is 2. The minimum atomic E-state index is -0.842. The molecule has 2 aromatic rings. The van der Waals surface area contributed by atoms with Crippen LogP contribution in [0.25, 0.3) is 0 Å². The Morgan fingerprint density at radius 2 is 1.82 bits per heavy atom. The number of hydrogen-bond acceptors (Lipinski definition) is 2. The van der Waals surface area contributed by atoms with Gasteiger partial charge in [-0.3, -0.25) is 0 Å². The Balaban J connectivity index is 1.76. The first kappa shape index (κ1) is 16.0. The number of carbonyl (C=O) groups excluding carboxylic acids is 1. The van der Waals surface area contributed by atoms with E-state index in [0.29, 0.717) is 10.8 Å². The summed E-state index contributed by atoms with van der Waals surface area (Å²) in [5, 5.41) is 5.08. The average molecular weight is 327 g/mol. The van der Waals surface area contributed by atoms with Gasteiger partial charge in [0.05, 0.1) is 6.54 Å². The molecule has 2 amide bonds. The first-order valence-electron chi connectivity index (χ1n) is 6.43. The van der Waals surface area contributed by atoms with E-state index in [1.54, 1.807) is 24.3 Å². The molecule has 0 heterocycles. The van der Waals surface area contributed by atoms with Crippen LogP contribution < -0.4 is 15.4 Å². The smallest absolute Gasteiger partial charge is 0.319 e. The molecule has 0 aliphatic heterocycles. The summed E-state index contributed by atoms with van der Waals surface area (Å²) in [6.07, 6.45) is 0. The van der Waals surface area contributed by atoms with Crippen LogP contribution in [0.15, 0.2) is 42.5 Å². The highest BCUT2D eigenvalue weighted by Gasteiger charge is 2.11. The lowest BCUT2D eigenvalue weighted by Gasteiger charge is -2.10. The van der Waals surface area contributed by atoms with Gasteiger partial charge in [0.2, 0.25) is 0 Å². The molecule has 22 heavy (non-hydrogen) atoms. The van der Waals surface area contributed by atoms with Gasteiger partial charge in [0.1, 0.15) is 29.7 Å². The van der Waals surface area contributed by atoms with E-state index in [1.807, 2.05) is 0 Å². The summed E-state index contributed by atoms with van der Waals surface area (Å²) < 4.78 is 32.0. The van der Waals surface area contributed by atoms with Crippen molar-refractivity contribution in [3.63, 3.8) is 0 Å². The molecule has 0 aliphatic carbocycles. The summed E-state index contributed by atoms with van der Waals surface area (Å²) in [6.45, 7) is 0.349. The van der Waals surface area contributed by atoms with Crippen molar-refractivity contribution in [2.24, 2.45) is 0 Å². The molecule has 2 N–H and O–H groups in total. The predicted molar refractivity (Wildman–Crippen MR) is 80.3 cm³/mol. The van der Waals surface area contributed by atoms with Gasteiger partial charge in [0, 0.05) is 5.02 Å². The van der Waals surface area contributed by atoms with E-state index in [2.05, 4.69) is 10.6 Å². The fourth-order valence-electron chi connectivity index (χ4n) is 1.67. The number of urea groups is 1. The first-order valence-corrected chi connectivity index (χ1v) is 6.81. The van der Waals surface area contributed by atoms with Crippen molar-refractivity contribution < 1.29 is 18.3 Å². The summed E-state index contributed by atoms with van der Waals surface area (Å²) in [5.74, 6) is -1.12. The minimum absolute atomic E-state index is 0.161. The number of carbonyl (C=O) groups is 1. The lowest BCUT2D eigenvalue weighted by Crippen LogP contribution is -2.32. The molecule has 0 aromatic heterocycles. The Morgan fingerprint density at radius 1 is 1.14 bits per heavy atom. The third kappa shape index (κ3) is 4.60. The molecule has 7 heteroatoms. The Kier molecular flexibility index (Phi) is 5.55. The number of anilines is 1. The van der Waals surface area contributed by atoms with Crippen molar-refractivity contribution in [1.82, 2.24) is 5.32 Å². The summed E-state index contributed by atoms with van der Waals surface area (Å²) in [6, 6.07) is 9.41. The number of rotatable bonds is 5. The number of halogens is 3. The van der Waals surface area contributed by atoms with Crippen LogP contribution in [-0.4, -0.2) is 19.2 Å². The Hall–Kier alpha value is -2.34. The van der Waals surface area contributed by atoms with Crippen molar-refractivity contribution in [3.8, 4) is 5.75 Å². The number of hydrogen-bond donors (Lipinski definition) is 2. The third-order valence-corrected chi connectivity index (χ3v) is 2.89. The van der Waals surface area contributed by atoms with Crippen LogP contribution in [0.3, 0.4) is 0 Å². The topological polar surface area (TPSA) is 50.4 Å². The summed E-state index contributed by atoms with van der Waals surface area (Å²) in [7, 11) is 0. The molecule has 4 nitrogen and oxygen atoms in total. The van der Waals surface area contributed by atoms with Gasteiger partial charge < -0.3 is 15.4 Å². The summed E-state index contributed by atoms with van der Waals surface area (Å²) in [4.78, 5) is 11.6. The van der Waals surface area contributed by atoms with Gasteiger partial charge in [-0.25, -0.2) is 13.6 Å². The van der Waals surface area contributed by atoms with Crippen molar-refractivity contribution >= 4 is 23.3 Å². The van der Waals surface area contributed by atoms with Crippen molar-refractivity contribution in [2.75, 3.05) is 18.5 Å². The van der Waals surface area contributed by atoms with E-state index in [9.17, 15) is 13.6 Å². The lowest BCUT2D eigenvalue weighted by atomic mass is 10.3. The maximum Gasteiger partial charge on any atom is 0.319 e. The van der Waals surface area contributed by atoms with Gasteiger partial charge >= 0.3 is 6.03 Å². The zero-order valence-electron chi connectivity index (χ0n) is 11.4. The highest BCUT2D eigenvalue weighted by atomic mass is 35.5. The molecule has 0 aliphatic rings. The molecule has 0 saturated carbocycles. The Morgan fingerprint density at radius 3 is 2.50 bits per heavy atom. The number of benzene rings is 2. The van der Waals surface area contributed by atoms with Crippen LogP contribution in [0, 0.1) is 11.6 Å². The van der Waals surface area contributed by atoms with Crippen LogP contribution in [-0.2, 0) is 0 Å². The molecule has 0 saturated heterocycles. The van der Waals surface area contributed by atoms with E-state index < -0.39 is 23.4 Å². The highest BCUT2D eigenvalue weighted by molar-refractivity contribution is 6.30. The fraction of sp³-hybridized carbons (Fsp3) is 0.133. The van der Waals surface area contributed by atoms with E-state index in [1.165, 1.54) is 6.07 Å². The molecule has 0 atom stereocenters. The maximum atomic E-state index is 13.3. The molecule has 0 bridgehead atoms. The predicted octanol–water partition coefficient (Wildman–Crippen LogP) is 3.82. The van der Waals surface area contributed by atoms with Gasteiger partial charge in [0.25, 0.3) is 0 Å². The molecule has 0 radical (unpaired) electrons. The monoisotopic (exact) mass is 326 g/mol. The van der Waals surface area contributed by atoms with E-state index >= 15 is 0 Å². The second-order valence-electron chi connectivity index (χ2n) is 4.28. The lowest BCUT2D eigenvalue weighted by molar-refractivity contribution is 0.247. The van der Waals surface area contributed by atoms with Crippen molar-refractivity contribution in [2.45, 2.75) is 0 Å². The van der Waals surface area contributed by atoms with Crippen LogP contribution in [0.1, 0.15) is 0 Å². The fourth-order valence-corrected chi connectivity index (χ4v) is 1.85. The minimum Gasteiger partial charge on any atom is -0.492 e. The zero-order valence-corrected chi connectivity index (χ0v) is 12.2. The third-order valence-electron chi connectivity index (χ3n) is 2.65. The summed E-state index contributed by atoms with van der Waals surface area (Å²) >= 11 is 5.80. The molecule has 0 fully saturated rings. The molecule has 2 aromatic carbocycles. The van der Waals surface area contributed by atoms with Gasteiger partial charge in [-0.1, -0.05) is 23.7 Å². The number of ether oxygens (including phenoxy) is 1. The largest absolute Gasteiger partial charge is 0.492 e. The van der Waals surface area contributed by atoms with Gasteiger partial charge in [-0.2, -0.15) is 0 Å². The molecule has 116 valence electrons. The second kappa shape index (κ2) is 7.61. The average Bonchev–Trinajstić information content (AvgIpc) is 2.48. The SMILES string of the molecule is O=C(NCCOc1cccc(Cl)c1)Nc1c(F)cccc1F. The first-order chi connectivity index (χ1) is 10.6. The molecule has 2 rings (SSSR count). The van der Waals surface area contributed by atoms with Crippen LogP contribution in [0.5, 0.6) is 5.75 Å². The molecular formula is C15H13ClF2N2O2. The highest BCUT2D eigenvalue weighted by Crippen LogP contribution is 2.18. The normalized spacial score (nSPS) is 10.1. The van der Waals surface area contributed by atoms with E-state index in [0.717, 1.165) is 12.1 Å². The Bertz CT molecular complexity index is 647. The van der Waals surface area contributed by atoms with E-state index in [4.69, 9.17) is 16.3 Å². The molecule has 0 unspecified atom stereocenters. The van der Waals surface area contributed by atoms with Crippen LogP contribution in [0.4, 0.5) is 19.3 Å². The maximum absolute atomic E-state index is 13.3. The zero-order chi connectivity index (χ0) is 15.9. The number of amides is 2. The second-order valence-corrected chi connectivity index (χ2v) is 4.72. The van der Waals surface area contributed by atoms with Crippen LogP contribution >= 0.6 is 11.6 Å². The van der Waals surface area contributed by atoms with E-state index in [-0.39, 0.29) is 13.2 Å². The molecular weight excluding hydrogens is 314 g/mol. The quantitative estimate of drug-likeness (QED) is 0.821. The van der Waals surface area contributed by atoms with Gasteiger partial charge in [0.15, 0.2) is 0 Å². The van der Waals surface area contributed by atoms with Crippen molar-refractivity contribution in [3.05, 3.63) is 59.1 Å². The summed E-state index contributed by atoms with van der Waals surface area (Å²) in [5.41, 5.74) is -0.490. The molecule has 0 spiro atoms. The van der Waals surface area contributed by atoms with Crippen molar-refractivity contribution in [1.29, 1.82) is 0 Å². The van der Waals surface area contributed by atoms with Crippen LogP contribution in [0.2, 0.25) is 5.02 Å².